The maximum Gasteiger partial charge on any atom is 0.258 e. The Morgan fingerprint density at radius 1 is 1.36 bits per heavy atom. The molecule has 2 N–H and O–H groups in total. The van der Waals surface area contributed by atoms with Crippen LogP contribution in [0.15, 0.2) is 36.7 Å². The topological polar surface area (TPSA) is 110 Å². The van der Waals surface area contributed by atoms with Crippen LogP contribution in [0.3, 0.4) is 0 Å². The van der Waals surface area contributed by atoms with Crippen molar-refractivity contribution in [3.63, 3.8) is 0 Å². The van der Waals surface area contributed by atoms with Crippen LogP contribution in [0.1, 0.15) is 26.3 Å². The molecule has 1 amide bonds. The van der Waals surface area contributed by atoms with Crippen LogP contribution in [-0.4, -0.2) is 38.8 Å². The smallest absolute Gasteiger partial charge is 0.258 e. The molecule has 1 aliphatic rings. The highest BCUT2D eigenvalue weighted by atomic mass is 16.5. The van der Waals surface area contributed by atoms with E-state index in [-0.39, 0.29) is 17.8 Å². The molecule has 8 heteroatoms. The Morgan fingerprint density at radius 2 is 2.14 bits per heavy atom. The molecular formula is C20H20N6O2. The third-order valence-corrected chi connectivity index (χ3v) is 4.85. The van der Waals surface area contributed by atoms with Crippen molar-refractivity contribution in [1.29, 1.82) is 5.26 Å². The predicted molar refractivity (Wildman–Crippen MR) is 105 cm³/mol. The quantitative estimate of drug-likeness (QED) is 0.735. The van der Waals surface area contributed by atoms with Gasteiger partial charge >= 0.3 is 0 Å². The molecule has 3 aromatic rings. The van der Waals surface area contributed by atoms with Crippen molar-refractivity contribution >= 4 is 22.9 Å². The first-order valence-corrected chi connectivity index (χ1v) is 8.94. The monoisotopic (exact) mass is 376 g/mol. The Hall–Kier alpha value is -3.44. The SMILES string of the molecule is CC1CN(c2cccc(-c3cc(C#N)c4c(N)ncnn34)c2)C(=O)C(C)(C)O1. The summed E-state index contributed by atoms with van der Waals surface area (Å²) in [4.78, 5) is 18.6. The van der Waals surface area contributed by atoms with Gasteiger partial charge in [-0.1, -0.05) is 12.1 Å². The number of carbonyl (C=O) groups is 1. The number of amides is 1. The third kappa shape index (κ3) is 2.77. The van der Waals surface area contributed by atoms with Crippen LogP contribution in [0.25, 0.3) is 16.8 Å². The normalized spacial score (nSPS) is 19.0. The zero-order valence-electron chi connectivity index (χ0n) is 15.9. The molecule has 0 saturated carbocycles. The van der Waals surface area contributed by atoms with Crippen molar-refractivity contribution in [3.8, 4) is 17.3 Å². The summed E-state index contributed by atoms with van der Waals surface area (Å²) in [6, 6.07) is 11.5. The number of fused-ring (bicyclic) bond motifs is 1. The molecule has 0 radical (unpaired) electrons. The van der Waals surface area contributed by atoms with Gasteiger partial charge in [0.2, 0.25) is 0 Å². The van der Waals surface area contributed by atoms with Gasteiger partial charge in [0.05, 0.1) is 23.9 Å². The van der Waals surface area contributed by atoms with E-state index in [1.54, 1.807) is 29.3 Å². The molecule has 28 heavy (non-hydrogen) atoms. The van der Waals surface area contributed by atoms with Crippen molar-refractivity contribution in [3.05, 3.63) is 42.2 Å². The molecule has 1 fully saturated rings. The molecule has 1 aromatic carbocycles. The van der Waals surface area contributed by atoms with Crippen molar-refractivity contribution in [2.75, 3.05) is 17.2 Å². The average Bonchev–Trinajstić information content (AvgIpc) is 3.04. The number of nitrogens with two attached hydrogens (primary N) is 1. The Balaban J connectivity index is 1.83. The molecule has 1 aliphatic heterocycles. The zero-order chi connectivity index (χ0) is 20.1. The highest BCUT2D eigenvalue weighted by Gasteiger charge is 2.40. The highest BCUT2D eigenvalue weighted by Crippen LogP contribution is 2.32. The van der Waals surface area contributed by atoms with E-state index in [1.165, 1.54) is 6.33 Å². The molecule has 0 bridgehead atoms. The number of nitrogen functional groups attached to an aromatic ring is 1. The van der Waals surface area contributed by atoms with E-state index >= 15 is 0 Å². The van der Waals surface area contributed by atoms with Gasteiger partial charge < -0.3 is 15.4 Å². The molecular weight excluding hydrogens is 356 g/mol. The second-order valence-corrected chi connectivity index (χ2v) is 7.37. The number of nitrogens with zero attached hydrogens (tertiary/aromatic N) is 5. The zero-order valence-corrected chi connectivity index (χ0v) is 15.9. The fourth-order valence-corrected chi connectivity index (χ4v) is 3.67. The fourth-order valence-electron chi connectivity index (χ4n) is 3.67. The number of rotatable bonds is 2. The molecule has 0 spiro atoms. The van der Waals surface area contributed by atoms with Crippen LogP contribution in [0.5, 0.6) is 0 Å². The van der Waals surface area contributed by atoms with Crippen LogP contribution in [-0.2, 0) is 9.53 Å². The molecule has 142 valence electrons. The van der Waals surface area contributed by atoms with Gasteiger partial charge in [0.15, 0.2) is 5.82 Å². The number of ether oxygens (including phenoxy) is 1. The minimum atomic E-state index is -0.884. The van der Waals surface area contributed by atoms with Crippen LogP contribution < -0.4 is 10.6 Å². The number of benzene rings is 1. The first-order chi connectivity index (χ1) is 13.3. The number of nitriles is 1. The van der Waals surface area contributed by atoms with Gasteiger partial charge in [0.25, 0.3) is 5.91 Å². The predicted octanol–water partition coefficient (Wildman–Crippen LogP) is 2.38. The number of hydrogen-bond donors (Lipinski definition) is 1. The first-order valence-electron chi connectivity index (χ1n) is 8.94. The minimum absolute atomic E-state index is 0.0804. The summed E-state index contributed by atoms with van der Waals surface area (Å²) in [5.41, 5.74) is 8.22. The number of hydrogen-bond acceptors (Lipinski definition) is 6. The van der Waals surface area contributed by atoms with Crippen molar-refractivity contribution in [2.45, 2.75) is 32.5 Å². The lowest BCUT2D eigenvalue weighted by Gasteiger charge is -2.40. The summed E-state index contributed by atoms with van der Waals surface area (Å²) in [7, 11) is 0. The van der Waals surface area contributed by atoms with Crippen molar-refractivity contribution in [1.82, 2.24) is 14.6 Å². The molecule has 8 nitrogen and oxygen atoms in total. The summed E-state index contributed by atoms with van der Waals surface area (Å²) in [5.74, 6) is 0.153. The lowest BCUT2D eigenvalue weighted by Crippen LogP contribution is -2.56. The van der Waals surface area contributed by atoms with E-state index in [1.807, 2.05) is 31.2 Å². The van der Waals surface area contributed by atoms with Gasteiger partial charge in [-0.15, -0.1) is 0 Å². The minimum Gasteiger partial charge on any atom is -0.382 e. The molecule has 1 atom stereocenters. The van der Waals surface area contributed by atoms with Crippen LogP contribution in [0.4, 0.5) is 11.5 Å². The summed E-state index contributed by atoms with van der Waals surface area (Å²) in [6.07, 6.45) is 1.27. The molecule has 0 aliphatic carbocycles. The third-order valence-electron chi connectivity index (χ3n) is 4.85. The number of morpholine rings is 1. The van der Waals surface area contributed by atoms with Crippen molar-refractivity contribution < 1.29 is 9.53 Å². The maximum absolute atomic E-state index is 12.9. The summed E-state index contributed by atoms with van der Waals surface area (Å²) in [6.45, 7) is 5.98. The molecule has 2 aromatic heterocycles. The Labute approximate surface area is 162 Å². The van der Waals surface area contributed by atoms with Gasteiger partial charge in [-0.2, -0.15) is 10.4 Å². The van der Waals surface area contributed by atoms with Crippen LogP contribution in [0.2, 0.25) is 0 Å². The van der Waals surface area contributed by atoms with Gasteiger partial charge in [-0.3, -0.25) is 4.79 Å². The van der Waals surface area contributed by atoms with Gasteiger partial charge in [0, 0.05) is 11.3 Å². The van der Waals surface area contributed by atoms with Crippen LogP contribution >= 0.6 is 0 Å². The van der Waals surface area contributed by atoms with E-state index in [4.69, 9.17) is 10.5 Å². The van der Waals surface area contributed by atoms with Crippen molar-refractivity contribution in [2.24, 2.45) is 0 Å². The molecule has 1 saturated heterocycles. The van der Waals surface area contributed by atoms with E-state index in [2.05, 4.69) is 16.2 Å². The van der Waals surface area contributed by atoms with E-state index in [0.29, 0.717) is 23.3 Å². The van der Waals surface area contributed by atoms with E-state index in [0.717, 1.165) is 11.3 Å². The molecule has 1 unspecified atom stereocenters. The largest absolute Gasteiger partial charge is 0.382 e. The highest BCUT2D eigenvalue weighted by molar-refractivity contribution is 6.00. The van der Waals surface area contributed by atoms with E-state index < -0.39 is 5.60 Å². The van der Waals surface area contributed by atoms with Gasteiger partial charge in [0.1, 0.15) is 23.5 Å². The summed E-state index contributed by atoms with van der Waals surface area (Å²) in [5, 5.41) is 13.7. The molecule has 3 heterocycles. The van der Waals surface area contributed by atoms with Gasteiger partial charge in [-0.05, 0) is 39.0 Å². The average molecular weight is 376 g/mol. The second-order valence-electron chi connectivity index (χ2n) is 7.37. The maximum atomic E-state index is 12.9. The Kier molecular flexibility index (Phi) is 4.05. The fraction of sp³-hybridized carbons (Fsp3) is 0.300. The molecule has 4 rings (SSSR count). The van der Waals surface area contributed by atoms with E-state index in [9.17, 15) is 10.1 Å². The van der Waals surface area contributed by atoms with Gasteiger partial charge in [-0.25, -0.2) is 9.50 Å². The standard InChI is InChI=1S/C20H20N6O2/c1-12-10-25(19(27)20(2,3)28-12)15-6-4-5-13(7-15)16-8-14(9-21)17-18(22)23-11-24-26(16)17/h4-8,11-12H,10H2,1-3H3,(H2,22,23,24). The summed E-state index contributed by atoms with van der Waals surface area (Å²) < 4.78 is 7.38. The Morgan fingerprint density at radius 3 is 2.89 bits per heavy atom. The lowest BCUT2D eigenvalue weighted by atomic mass is 10.0. The number of anilines is 2. The summed E-state index contributed by atoms with van der Waals surface area (Å²) >= 11 is 0. The lowest BCUT2D eigenvalue weighted by molar-refractivity contribution is -0.153. The Bertz CT molecular complexity index is 1130. The number of carbonyl (C=O) groups excluding carboxylic acids is 1. The van der Waals surface area contributed by atoms with Crippen LogP contribution in [0, 0.1) is 11.3 Å². The first kappa shape index (κ1) is 17.9. The number of aromatic nitrogens is 3. The second kappa shape index (κ2) is 6.32.